The zero-order valence-corrected chi connectivity index (χ0v) is 9.78. The SMILES string of the molecule is CC(C)C(CN)SC1CCCCC1. The van der Waals surface area contributed by atoms with Gasteiger partial charge in [0.2, 0.25) is 0 Å². The third kappa shape index (κ3) is 3.90. The standard InChI is InChI=1S/C11H23NS/c1-9(2)11(8-12)13-10-6-4-3-5-7-10/h9-11H,3-8,12H2,1-2H3. The number of rotatable bonds is 4. The Morgan fingerprint density at radius 3 is 2.31 bits per heavy atom. The highest BCUT2D eigenvalue weighted by Gasteiger charge is 2.20. The molecule has 1 aliphatic rings. The van der Waals surface area contributed by atoms with Gasteiger partial charge in [-0.05, 0) is 18.8 Å². The van der Waals surface area contributed by atoms with Crippen LogP contribution in [0.1, 0.15) is 46.0 Å². The molecule has 1 unspecified atom stereocenters. The molecule has 13 heavy (non-hydrogen) atoms. The average molecular weight is 201 g/mol. The normalized spacial score (nSPS) is 22.2. The fraction of sp³-hybridized carbons (Fsp3) is 1.00. The molecule has 1 nitrogen and oxygen atoms in total. The Morgan fingerprint density at radius 2 is 1.85 bits per heavy atom. The Balaban J connectivity index is 2.27. The molecule has 0 heterocycles. The van der Waals surface area contributed by atoms with Gasteiger partial charge in [-0.2, -0.15) is 11.8 Å². The van der Waals surface area contributed by atoms with Gasteiger partial charge >= 0.3 is 0 Å². The molecule has 1 saturated carbocycles. The summed E-state index contributed by atoms with van der Waals surface area (Å²) in [6.45, 7) is 5.42. The Morgan fingerprint density at radius 1 is 1.23 bits per heavy atom. The molecular weight excluding hydrogens is 178 g/mol. The summed E-state index contributed by atoms with van der Waals surface area (Å²) in [7, 11) is 0. The van der Waals surface area contributed by atoms with Gasteiger partial charge in [-0.15, -0.1) is 0 Å². The van der Waals surface area contributed by atoms with Crippen molar-refractivity contribution in [2.24, 2.45) is 11.7 Å². The maximum atomic E-state index is 5.77. The first-order valence-electron chi connectivity index (χ1n) is 5.59. The van der Waals surface area contributed by atoms with Gasteiger partial charge in [-0.1, -0.05) is 33.1 Å². The van der Waals surface area contributed by atoms with Crippen LogP contribution in [0.2, 0.25) is 0 Å². The van der Waals surface area contributed by atoms with Crippen molar-refractivity contribution >= 4 is 11.8 Å². The van der Waals surface area contributed by atoms with Gasteiger partial charge in [0.1, 0.15) is 0 Å². The molecule has 0 bridgehead atoms. The maximum absolute atomic E-state index is 5.77. The molecule has 78 valence electrons. The van der Waals surface area contributed by atoms with Gasteiger partial charge in [0.25, 0.3) is 0 Å². The van der Waals surface area contributed by atoms with Crippen LogP contribution >= 0.6 is 11.8 Å². The van der Waals surface area contributed by atoms with Crippen molar-refractivity contribution in [1.82, 2.24) is 0 Å². The van der Waals surface area contributed by atoms with Crippen LogP contribution in [-0.4, -0.2) is 17.0 Å². The van der Waals surface area contributed by atoms with Gasteiger partial charge in [-0.25, -0.2) is 0 Å². The van der Waals surface area contributed by atoms with E-state index in [9.17, 15) is 0 Å². The number of thioether (sulfide) groups is 1. The summed E-state index contributed by atoms with van der Waals surface area (Å²) in [4.78, 5) is 0. The van der Waals surface area contributed by atoms with Crippen molar-refractivity contribution in [3.8, 4) is 0 Å². The molecule has 1 atom stereocenters. The summed E-state index contributed by atoms with van der Waals surface area (Å²) in [5, 5.41) is 1.59. The lowest BCUT2D eigenvalue weighted by Gasteiger charge is -2.27. The Hall–Kier alpha value is 0.310. The molecule has 0 aliphatic heterocycles. The van der Waals surface area contributed by atoms with Crippen molar-refractivity contribution in [2.45, 2.75) is 56.5 Å². The van der Waals surface area contributed by atoms with Crippen LogP contribution < -0.4 is 5.73 Å². The van der Waals surface area contributed by atoms with E-state index in [1.54, 1.807) is 0 Å². The molecule has 0 aromatic heterocycles. The number of nitrogens with two attached hydrogens (primary N) is 1. The summed E-state index contributed by atoms with van der Waals surface area (Å²) in [6.07, 6.45) is 7.17. The van der Waals surface area contributed by atoms with Crippen molar-refractivity contribution < 1.29 is 0 Å². The highest BCUT2D eigenvalue weighted by Crippen LogP contribution is 2.33. The second kappa shape index (κ2) is 5.92. The first kappa shape index (κ1) is 11.4. The fourth-order valence-corrected chi connectivity index (χ4v) is 3.46. The van der Waals surface area contributed by atoms with Crippen molar-refractivity contribution in [1.29, 1.82) is 0 Å². The molecule has 2 N–H and O–H groups in total. The lowest BCUT2D eigenvalue weighted by Crippen LogP contribution is -2.26. The topological polar surface area (TPSA) is 26.0 Å². The van der Waals surface area contributed by atoms with E-state index >= 15 is 0 Å². The summed E-state index contributed by atoms with van der Waals surface area (Å²) in [5.74, 6) is 0.733. The van der Waals surface area contributed by atoms with Crippen LogP contribution in [-0.2, 0) is 0 Å². The molecule has 0 amide bonds. The van der Waals surface area contributed by atoms with Gasteiger partial charge < -0.3 is 5.73 Å². The Bertz CT molecular complexity index is 130. The van der Waals surface area contributed by atoms with E-state index in [1.807, 2.05) is 0 Å². The predicted octanol–water partition coefficient (Wildman–Crippen LogP) is 3.04. The highest BCUT2D eigenvalue weighted by atomic mass is 32.2. The molecule has 1 rings (SSSR count). The second-order valence-corrected chi connectivity index (χ2v) is 5.96. The van der Waals surface area contributed by atoms with E-state index in [1.165, 1.54) is 32.1 Å². The first-order valence-corrected chi connectivity index (χ1v) is 6.54. The number of hydrogen-bond acceptors (Lipinski definition) is 2. The number of hydrogen-bond donors (Lipinski definition) is 1. The Labute approximate surface area is 86.8 Å². The molecule has 0 radical (unpaired) electrons. The molecule has 2 heteroatoms. The minimum absolute atomic E-state index is 0.683. The zero-order chi connectivity index (χ0) is 9.68. The Kier molecular flexibility index (Phi) is 5.18. The van der Waals surface area contributed by atoms with Crippen LogP contribution in [0.5, 0.6) is 0 Å². The predicted molar refractivity (Wildman–Crippen MR) is 62.1 cm³/mol. The van der Waals surface area contributed by atoms with Gasteiger partial charge in [0, 0.05) is 17.0 Å². The van der Waals surface area contributed by atoms with E-state index in [2.05, 4.69) is 25.6 Å². The third-order valence-corrected chi connectivity index (χ3v) is 4.84. The van der Waals surface area contributed by atoms with Crippen LogP contribution in [0.15, 0.2) is 0 Å². The maximum Gasteiger partial charge on any atom is 0.0195 e. The molecule has 1 aliphatic carbocycles. The molecular formula is C11H23NS. The van der Waals surface area contributed by atoms with E-state index in [0.717, 1.165) is 17.7 Å². The van der Waals surface area contributed by atoms with Crippen LogP contribution in [0.25, 0.3) is 0 Å². The third-order valence-electron chi connectivity index (χ3n) is 2.90. The molecule has 0 aromatic carbocycles. The van der Waals surface area contributed by atoms with Crippen molar-refractivity contribution in [3.05, 3.63) is 0 Å². The highest BCUT2D eigenvalue weighted by molar-refractivity contribution is 8.00. The summed E-state index contributed by atoms with van der Waals surface area (Å²) < 4.78 is 0. The minimum Gasteiger partial charge on any atom is -0.329 e. The van der Waals surface area contributed by atoms with Crippen LogP contribution in [0.3, 0.4) is 0 Å². The summed E-state index contributed by atoms with van der Waals surface area (Å²) in [6, 6.07) is 0. The molecule has 0 spiro atoms. The smallest absolute Gasteiger partial charge is 0.0195 e. The summed E-state index contributed by atoms with van der Waals surface area (Å²) in [5.41, 5.74) is 5.77. The largest absolute Gasteiger partial charge is 0.329 e. The lowest BCUT2D eigenvalue weighted by molar-refractivity contribution is 0.510. The minimum atomic E-state index is 0.683. The van der Waals surface area contributed by atoms with E-state index in [4.69, 9.17) is 5.73 Å². The summed E-state index contributed by atoms with van der Waals surface area (Å²) >= 11 is 2.15. The average Bonchev–Trinajstić information content (AvgIpc) is 2.15. The van der Waals surface area contributed by atoms with E-state index < -0.39 is 0 Å². The van der Waals surface area contributed by atoms with Gasteiger partial charge in [0.15, 0.2) is 0 Å². The second-order valence-electron chi connectivity index (χ2n) is 4.41. The zero-order valence-electron chi connectivity index (χ0n) is 8.96. The lowest BCUT2D eigenvalue weighted by atomic mass is 10.0. The van der Waals surface area contributed by atoms with E-state index in [-0.39, 0.29) is 0 Å². The van der Waals surface area contributed by atoms with Gasteiger partial charge in [0.05, 0.1) is 0 Å². The monoisotopic (exact) mass is 201 g/mol. The molecule has 1 fully saturated rings. The van der Waals surface area contributed by atoms with Gasteiger partial charge in [-0.3, -0.25) is 0 Å². The van der Waals surface area contributed by atoms with Crippen molar-refractivity contribution in [3.63, 3.8) is 0 Å². The molecule has 0 aromatic rings. The van der Waals surface area contributed by atoms with Crippen LogP contribution in [0, 0.1) is 5.92 Å². The quantitative estimate of drug-likeness (QED) is 0.756. The fourth-order valence-electron chi connectivity index (χ4n) is 1.93. The van der Waals surface area contributed by atoms with Crippen molar-refractivity contribution in [2.75, 3.05) is 6.54 Å². The van der Waals surface area contributed by atoms with Crippen LogP contribution in [0.4, 0.5) is 0 Å². The molecule has 0 saturated heterocycles. The van der Waals surface area contributed by atoms with E-state index in [0.29, 0.717) is 5.25 Å². The first-order chi connectivity index (χ1) is 6.24.